The maximum atomic E-state index is 12.8. The molecule has 0 unspecified atom stereocenters. The Bertz CT molecular complexity index is 1180. The molecule has 0 aliphatic carbocycles. The Kier molecular flexibility index (Phi) is 5.75. The van der Waals surface area contributed by atoms with E-state index in [1.165, 1.54) is 0 Å². The summed E-state index contributed by atoms with van der Waals surface area (Å²) in [6, 6.07) is 17.6. The summed E-state index contributed by atoms with van der Waals surface area (Å²) in [5, 5.41) is 0.565. The zero-order chi connectivity index (χ0) is 21.3. The van der Waals surface area contributed by atoms with Crippen molar-refractivity contribution in [2.75, 3.05) is 6.61 Å². The molecule has 4 nitrogen and oxygen atoms in total. The van der Waals surface area contributed by atoms with Crippen LogP contribution < -0.4 is 9.47 Å². The number of Topliss-reactive ketones (excluding diaryl/α,β-unsaturated/α-hetero) is 2. The number of allylic oxidation sites excluding steroid dienone is 1. The molecule has 1 heterocycles. The summed E-state index contributed by atoms with van der Waals surface area (Å²) in [6.45, 7) is 1.69. The Labute approximate surface area is 187 Å². The van der Waals surface area contributed by atoms with E-state index in [0.29, 0.717) is 27.6 Å². The normalized spacial score (nSPS) is 13.8. The lowest BCUT2D eigenvalue weighted by Crippen LogP contribution is -2.11. The first-order chi connectivity index (χ1) is 14.4. The fourth-order valence-corrected chi connectivity index (χ4v) is 3.72. The van der Waals surface area contributed by atoms with Gasteiger partial charge < -0.3 is 9.47 Å². The molecule has 150 valence electrons. The molecule has 3 aromatic carbocycles. The summed E-state index contributed by atoms with van der Waals surface area (Å²) < 4.78 is 12.4. The highest BCUT2D eigenvalue weighted by atomic mass is 79.9. The first-order valence-corrected chi connectivity index (χ1v) is 10.3. The van der Waals surface area contributed by atoms with E-state index in [9.17, 15) is 9.59 Å². The van der Waals surface area contributed by atoms with Crippen LogP contribution in [0.1, 0.15) is 31.8 Å². The largest absolute Gasteiger partial charge is 0.485 e. The van der Waals surface area contributed by atoms with Gasteiger partial charge in [-0.2, -0.15) is 0 Å². The van der Waals surface area contributed by atoms with Crippen LogP contribution in [0.2, 0.25) is 5.02 Å². The van der Waals surface area contributed by atoms with Gasteiger partial charge in [0, 0.05) is 21.1 Å². The van der Waals surface area contributed by atoms with Crippen LogP contribution in [0.3, 0.4) is 0 Å². The molecule has 1 aliphatic heterocycles. The minimum atomic E-state index is -0.175. The third-order valence-electron chi connectivity index (χ3n) is 4.63. The molecule has 6 heteroatoms. The zero-order valence-corrected chi connectivity index (χ0v) is 18.3. The average molecular weight is 484 g/mol. The second-order valence-electron chi connectivity index (χ2n) is 6.83. The average Bonchev–Trinajstić information content (AvgIpc) is 3.02. The molecular weight excluding hydrogens is 468 g/mol. The topological polar surface area (TPSA) is 52.6 Å². The molecule has 0 saturated carbocycles. The number of hydrogen-bond acceptors (Lipinski definition) is 4. The Balaban J connectivity index is 1.52. The van der Waals surface area contributed by atoms with Gasteiger partial charge in [0.15, 0.2) is 18.1 Å². The van der Waals surface area contributed by atoms with Gasteiger partial charge in [-0.15, -0.1) is 0 Å². The van der Waals surface area contributed by atoms with Crippen LogP contribution >= 0.6 is 27.5 Å². The molecule has 0 aromatic heterocycles. The van der Waals surface area contributed by atoms with E-state index < -0.39 is 0 Å². The van der Waals surface area contributed by atoms with E-state index >= 15 is 0 Å². The molecular formula is C24H16BrClO4. The number of ketones is 2. The SMILES string of the molecule is Cc1cc(OCC(=O)c2ccc(Cl)cc2)cc2c1C(=O)/C(=C/c1cccc(Br)c1)O2. The van der Waals surface area contributed by atoms with Crippen molar-refractivity contribution in [3.05, 3.63) is 98.2 Å². The molecule has 0 bridgehead atoms. The molecule has 0 radical (unpaired) electrons. The quantitative estimate of drug-likeness (QED) is 0.316. The fraction of sp³-hybridized carbons (Fsp3) is 0.0833. The van der Waals surface area contributed by atoms with Gasteiger partial charge in [0.2, 0.25) is 5.78 Å². The van der Waals surface area contributed by atoms with Crippen molar-refractivity contribution in [3.63, 3.8) is 0 Å². The van der Waals surface area contributed by atoms with E-state index in [0.717, 1.165) is 15.6 Å². The predicted octanol–water partition coefficient (Wildman–Crippen LogP) is 6.29. The van der Waals surface area contributed by atoms with E-state index in [-0.39, 0.29) is 23.9 Å². The summed E-state index contributed by atoms with van der Waals surface area (Å²) in [5.74, 6) is 0.796. The highest BCUT2D eigenvalue weighted by Crippen LogP contribution is 2.37. The molecule has 0 fully saturated rings. The number of carbonyl (C=O) groups excluding carboxylic acids is 2. The molecule has 3 aromatic rings. The van der Waals surface area contributed by atoms with Crippen molar-refractivity contribution in [2.24, 2.45) is 0 Å². The highest BCUT2D eigenvalue weighted by Gasteiger charge is 2.30. The summed E-state index contributed by atoms with van der Waals surface area (Å²) >= 11 is 9.27. The van der Waals surface area contributed by atoms with Crippen LogP contribution in [-0.2, 0) is 0 Å². The third kappa shape index (κ3) is 4.32. The number of ether oxygens (including phenoxy) is 2. The summed E-state index contributed by atoms with van der Waals surface area (Å²) in [6.07, 6.45) is 1.71. The lowest BCUT2D eigenvalue weighted by molar-refractivity contribution is 0.0920. The summed E-state index contributed by atoms with van der Waals surface area (Å²) in [4.78, 5) is 25.1. The number of halogens is 2. The van der Waals surface area contributed by atoms with Crippen LogP contribution in [0.15, 0.2) is 70.9 Å². The van der Waals surface area contributed by atoms with Gasteiger partial charge in [0.05, 0.1) is 5.56 Å². The molecule has 4 rings (SSSR count). The van der Waals surface area contributed by atoms with Gasteiger partial charge in [-0.25, -0.2) is 0 Å². The minimum Gasteiger partial charge on any atom is -0.485 e. The van der Waals surface area contributed by atoms with Gasteiger partial charge in [-0.05, 0) is 66.6 Å². The number of benzene rings is 3. The lowest BCUT2D eigenvalue weighted by Gasteiger charge is -2.09. The van der Waals surface area contributed by atoms with E-state index in [4.69, 9.17) is 21.1 Å². The maximum Gasteiger partial charge on any atom is 0.232 e. The zero-order valence-electron chi connectivity index (χ0n) is 15.9. The van der Waals surface area contributed by atoms with Gasteiger partial charge in [0.1, 0.15) is 11.5 Å². The van der Waals surface area contributed by atoms with Crippen molar-refractivity contribution in [1.29, 1.82) is 0 Å². The summed E-state index contributed by atoms with van der Waals surface area (Å²) in [5.41, 5.74) is 2.60. The van der Waals surface area contributed by atoms with Crippen LogP contribution in [0, 0.1) is 6.92 Å². The molecule has 0 N–H and O–H groups in total. The van der Waals surface area contributed by atoms with Crippen LogP contribution in [0.5, 0.6) is 11.5 Å². The van der Waals surface area contributed by atoms with Crippen molar-refractivity contribution in [3.8, 4) is 11.5 Å². The van der Waals surface area contributed by atoms with Crippen molar-refractivity contribution < 1.29 is 19.1 Å². The number of aryl methyl sites for hydroxylation is 1. The number of hydrogen-bond donors (Lipinski definition) is 0. The summed E-state index contributed by atoms with van der Waals surface area (Å²) in [7, 11) is 0. The van der Waals surface area contributed by atoms with E-state index in [1.807, 2.05) is 31.2 Å². The van der Waals surface area contributed by atoms with Gasteiger partial charge >= 0.3 is 0 Å². The molecule has 0 amide bonds. The van der Waals surface area contributed by atoms with Crippen LogP contribution in [0.25, 0.3) is 6.08 Å². The van der Waals surface area contributed by atoms with Crippen molar-refractivity contribution in [1.82, 2.24) is 0 Å². The first kappa shape index (κ1) is 20.4. The Morgan fingerprint density at radius 1 is 1.13 bits per heavy atom. The maximum absolute atomic E-state index is 12.8. The Morgan fingerprint density at radius 3 is 2.63 bits per heavy atom. The number of rotatable bonds is 5. The molecule has 30 heavy (non-hydrogen) atoms. The lowest BCUT2D eigenvalue weighted by atomic mass is 10.0. The van der Waals surface area contributed by atoms with E-state index in [1.54, 1.807) is 42.5 Å². The molecule has 0 saturated heterocycles. The molecule has 1 aliphatic rings. The van der Waals surface area contributed by atoms with Gasteiger partial charge in [0.25, 0.3) is 0 Å². The first-order valence-electron chi connectivity index (χ1n) is 9.17. The van der Waals surface area contributed by atoms with Crippen LogP contribution in [0.4, 0.5) is 0 Å². The Morgan fingerprint density at radius 2 is 1.90 bits per heavy atom. The standard InChI is InChI=1S/C24H16BrClO4/c1-14-9-19(29-13-20(27)16-5-7-18(26)8-6-16)12-21-23(14)24(28)22(30-21)11-15-3-2-4-17(25)10-15/h2-12H,13H2,1H3/b22-11-. The van der Waals surface area contributed by atoms with Gasteiger partial charge in [-0.3, -0.25) is 9.59 Å². The van der Waals surface area contributed by atoms with E-state index in [2.05, 4.69) is 15.9 Å². The minimum absolute atomic E-state index is 0.130. The van der Waals surface area contributed by atoms with Gasteiger partial charge in [-0.1, -0.05) is 39.7 Å². The molecule has 0 spiro atoms. The molecule has 0 atom stereocenters. The Hall–Kier alpha value is -2.89. The number of carbonyl (C=O) groups is 2. The third-order valence-corrected chi connectivity index (χ3v) is 5.37. The fourth-order valence-electron chi connectivity index (χ4n) is 3.18. The predicted molar refractivity (Wildman–Crippen MR) is 120 cm³/mol. The smallest absolute Gasteiger partial charge is 0.232 e. The second-order valence-corrected chi connectivity index (χ2v) is 8.18. The highest BCUT2D eigenvalue weighted by molar-refractivity contribution is 9.10. The van der Waals surface area contributed by atoms with Crippen molar-refractivity contribution >= 4 is 45.2 Å². The van der Waals surface area contributed by atoms with Crippen LogP contribution in [-0.4, -0.2) is 18.2 Å². The second kappa shape index (κ2) is 8.46. The monoisotopic (exact) mass is 482 g/mol. The van der Waals surface area contributed by atoms with Crippen molar-refractivity contribution in [2.45, 2.75) is 6.92 Å². The number of fused-ring (bicyclic) bond motifs is 1.